The Balaban J connectivity index is 2.29. The van der Waals surface area contributed by atoms with Crippen LogP contribution in [0.3, 0.4) is 0 Å². The molecule has 3 nitrogen and oxygen atoms in total. The molecule has 1 rings (SSSR count). The third-order valence-corrected chi connectivity index (χ3v) is 1.46. The average Bonchev–Trinajstić information content (AvgIpc) is 2.19. The molecule has 0 atom stereocenters. The lowest BCUT2D eigenvalue weighted by atomic mass is 10.2. The van der Waals surface area contributed by atoms with E-state index < -0.39 is 5.97 Å². The fraction of sp³-hybridized carbons (Fsp3) is 0.200. The minimum absolute atomic E-state index is 0.300. The monoisotopic (exact) mass is 175 g/mol. The molecule has 3 heteroatoms. The third kappa shape index (κ3) is 3.39. The van der Waals surface area contributed by atoms with Crippen molar-refractivity contribution in [1.82, 2.24) is 4.98 Å². The standard InChI is InChI=1S/C10H9NO2/c1-2-10(12)13-7-5-9-4-3-6-11-8-9/h1,3-4,6,8H,5,7H2. The van der Waals surface area contributed by atoms with Gasteiger partial charge in [0.1, 0.15) is 0 Å². The Bertz CT molecular complexity index is 313. The average molecular weight is 175 g/mol. The molecule has 0 radical (unpaired) electrons. The van der Waals surface area contributed by atoms with E-state index in [0.717, 1.165) is 5.56 Å². The Morgan fingerprint density at radius 3 is 3.15 bits per heavy atom. The number of hydrogen-bond acceptors (Lipinski definition) is 3. The minimum atomic E-state index is -0.621. The highest BCUT2D eigenvalue weighted by atomic mass is 16.5. The second-order valence-electron chi connectivity index (χ2n) is 2.39. The summed E-state index contributed by atoms with van der Waals surface area (Å²) >= 11 is 0. The number of rotatable bonds is 3. The largest absolute Gasteiger partial charge is 0.456 e. The summed E-state index contributed by atoms with van der Waals surface area (Å²) in [6, 6.07) is 3.75. The maximum absolute atomic E-state index is 10.5. The lowest BCUT2D eigenvalue weighted by molar-refractivity contribution is -0.136. The van der Waals surface area contributed by atoms with E-state index in [-0.39, 0.29) is 0 Å². The van der Waals surface area contributed by atoms with Crippen molar-refractivity contribution in [1.29, 1.82) is 0 Å². The van der Waals surface area contributed by atoms with Crippen molar-refractivity contribution in [2.24, 2.45) is 0 Å². The fourth-order valence-electron chi connectivity index (χ4n) is 0.849. The van der Waals surface area contributed by atoms with Crippen LogP contribution in [0.5, 0.6) is 0 Å². The molecule has 0 spiro atoms. The van der Waals surface area contributed by atoms with Crippen LogP contribution in [0.15, 0.2) is 24.5 Å². The van der Waals surface area contributed by atoms with E-state index in [9.17, 15) is 4.79 Å². The number of carbonyl (C=O) groups excluding carboxylic acids is 1. The zero-order chi connectivity index (χ0) is 9.52. The molecule has 0 saturated carbocycles. The molecule has 13 heavy (non-hydrogen) atoms. The van der Waals surface area contributed by atoms with Crippen LogP contribution in [0.4, 0.5) is 0 Å². The lowest BCUT2D eigenvalue weighted by Gasteiger charge is -1.99. The van der Waals surface area contributed by atoms with E-state index >= 15 is 0 Å². The second-order valence-corrected chi connectivity index (χ2v) is 2.39. The molecule has 1 aromatic rings. The van der Waals surface area contributed by atoms with Crippen LogP contribution in [-0.2, 0) is 16.0 Å². The molecule has 0 aromatic carbocycles. The highest BCUT2D eigenvalue weighted by molar-refractivity contribution is 5.87. The molecule has 0 aliphatic carbocycles. The van der Waals surface area contributed by atoms with Crippen molar-refractivity contribution >= 4 is 5.97 Å². The molecular weight excluding hydrogens is 166 g/mol. The van der Waals surface area contributed by atoms with Crippen molar-refractivity contribution in [3.8, 4) is 12.3 Å². The first-order chi connectivity index (χ1) is 6.33. The van der Waals surface area contributed by atoms with Crippen LogP contribution in [-0.4, -0.2) is 17.6 Å². The fourth-order valence-corrected chi connectivity index (χ4v) is 0.849. The molecule has 0 N–H and O–H groups in total. The Labute approximate surface area is 76.8 Å². The zero-order valence-corrected chi connectivity index (χ0v) is 7.06. The Morgan fingerprint density at radius 2 is 2.54 bits per heavy atom. The first kappa shape index (κ1) is 9.27. The molecule has 1 aromatic heterocycles. The summed E-state index contributed by atoms with van der Waals surface area (Å²) in [4.78, 5) is 14.4. The van der Waals surface area contributed by atoms with Gasteiger partial charge in [0.15, 0.2) is 0 Å². The number of nitrogens with zero attached hydrogens (tertiary/aromatic N) is 1. The van der Waals surface area contributed by atoms with Crippen molar-refractivity contribution in [3.05, 3.63) is 30.1 Å². The van der Waals surface area contributed by atoms with Crippen molar-refractivity contribution < 1.29 is 9.53 Å². The number of esters is 1. The van der Waals surface area contributed by atoms with Gasteiger partial charge in [-0.05, 0) is 11.6 Å². The second kappa shape index (κ2) is 4.94. The van der Waals surface area contributed by atoms with Crippen molar-refractivity contribution in [2.45, 2.75) is 6.42 Å². The highest BCUT2D eigenvalue weighted by Gasteiger charge is 1.96. The molecule has 0 saturated heterocycles. The van der Waals surface area contributed by atoms with Crippen LogP contribution in [0, 0.1) is 12.3 Å². The van der Waals surface area contributed by atoms with Gasteiger partial charge in [0.25, 0.3) is 0 Å². The van der Waals surface area contributed by atoms with Gasteiger partial charge in [0, 0.05) is 24.7 Å². The summed E-state index contributed by atoms with van der Waals surface area (Å²) < 4.78 is 4.69. The molecule has 66 valence electrons. The SMILES string of the molecule is C#CC(=O)OCCc1cccnc1. The summed E-state index contributed by atoms with van der Waals surface area (Å²) in [6.45, 7) is 0.300. The van der Waals surface area contributed by atoms with Gasteiger partial charge < -0.3 is 4.74 Å². The number of hydrogen-bond donors (Lipinski definition) is 0. The molecular formula is C10H9NO2. The zero-order valence-electron chi connectivity index (χ0n) is 7.06. The van der Waals surface area contributed by atoms with Gasteiger partial charge in [-0.3, -0.25) is 4.98 Å². The van der Waals surface area contributed by atoms with E-state index in [1.807, 2.05) is 18.1 Å². The van der Waals surface area contributed by atoms with Crippen LogP contribution < -0.4 is 0 Å². The topological polar surface area (TPSA) is 39.2 Å². The maximum Gasteiger partial charge on any atom is 0.384 e. The van der Waals surface area contributed by atoms with Gasteiger partial charge in [0.2, 0.25) is 0 Å². The summed E-state index contributed by atoms with van der Waals surface area (Å²) in [6.07, 6.45) is 8.87. The summed E-state index contributed by atoms with van der Waals surface area (Å²) in [7, 11) is 0. The van der Waals surface area contributed by atoms with E-state index in [2.05, 4.69) is 4.98 Å². The van der Waals surface area contributed by atoms with E-state index in [1.54, 1.807) is 12.4 Å². The number of pyridine rings is 1. The normalized spacial score (nSPS) is 8.85. The van der Waals surface area contributed by atoms with Crippen LogP contribution >= 0.6 is 0 Å². The Kier molecular flexibility index (Phi) is 3.52. The number of terminal acetylenes is 1. The van der Waals surface area contributed by atoms with Crippen LogP contribution in [0.25, 0.3) is 0 Å². The van der Waals surface area contributed by atoms with E-state index in [0.29, 0.717) is 13.0 Å². The van der Waals surface area contributed by atoms with Gasteiger partial charge >= 0.3 is 5.97 Å². The smallest absolute Gasteiger partial charge is 0.384 e. The first-order valence-electron chi connectivity index (χ1n) is 3.85. The Hall–Kier alpha value is -1.82. The molecule has 0 fully saturated rings. The predicted octanol–water partition coefficient (Wildman–Crippen LogP) is 0.800. The molecule has 0 aliphatic rings. The van der Waals surface area contributed by atoms with Crippen LogP contribution in [0.1, 0.15) is 5.56 Å². The summed E-state index contributed by atoms with van der Waals surface area (Å²) in [5.41, 5.74) is 1.02. The maximum atomic E-state index is 10.5. The van der Waals surface area contributed by atoms with Gasteiger partial charge in [0.05, 0.1) is 6.61 Å². The van der Waals surface area contributed by atoms with Crippen molar-refractivity contribution in [3.63, 3.8) is 0 Å². The Morgan fingerprint density at radius 1 is 1.69 bits per heavy atom. The third-order valence-electron chi connectivity index (χ3n) is 1.46. The van der Waals surface area contributed by atoms with Gasteiger partial charge in [-0.1, -0.05) is 6.07 Å². The van der Waals surface area contributed by atoms with Crippen molar-refractivity contribution in [2.75, 3.05) is 6.61 Å². The highest BCUT2D eigenvalue weighted by Crippen LogP contribution is 1.96. The predicted molar refractivity (Wildman–Crippen MR) is 47.7 cm³/mol. The minimum Gasteiger partial charge on any atom is -0.456 e. The van der Waals surface area contributed by atoms with Gasteiger partial charge in [-0.25, -0.2) is 4.79 Å². The molecule has 0 unspecified atom stereocenters. The summed E-state index contributed by atoms with van der Waals surface area (Å²) in [5, 5.41) is 0. The van der Waals surface area contributed by atoms with Gasteiger partial charge in [-0.15, -0.1) is 6.42 Å². The molecule has 0 amide bonds. The first-order valence-corrected chi connectivity index (χ1v) is 3.85. The van der Waals surface area contributed by atoms with Crippen LogP contribution in [0.2, 0.25) is 0 Å². The molecule has 0 aliphatic heterocycles. The lowest BCUT2D eigenvalue weighted by Crippen LogP contribution is -2.04. The molecule has 0 bridgehead atoms. The number of carbonyl (C=O) groups is 1. The van der Waals surface area contributed by atoms with E-state index in [4.69, 9.17) is 11.2 Å². The number of ether oxygens (including phenoxy) is 1. The summed E-state index contributed by atoms with van der Waals surface area (Å²) in [5.74, 6) is 1.25. The number of aromatic nitrogens is 1. The van der Waals surface area contributed by atoms with E-state index in [1.165, 1.54) is 0 Å². The molecule has 1 heterocycles. The van der Waals surface area contributed by atoms with Gasteiger partial charge in [-0.2, -0.15) is 0 Å². The quantitative estimate of drug-likeness (QED) is 0.387.